The minimum absolute atomic E-state index is 0.0435. The maximum absolute atomic E-state index is 12.3. The first-order valence-electron chi connectivity index (χ1n) is 5.93. The van der Waals surface area contributed by atoms with Crippen LogP contribution in [-0.4, -0.2) is 13.6 Å². The number of benzene rings is 2. The summed E-state index contributed by atoms with van der Waals surface area (Å²) >= 11 is 0. The normalized spacial score (nSPS) is 20.1. The Labute approximate surface area is 108 Å². The van der Waals surface area contributed by atoms with Crippen LogP contribution >= 0.6 is 0 Å². The summed E-state index contributed by atoms with van der Waals surface area (Å²) in [5.41, 5.74) is 3.32. The molecule has 2 aromatic carbocycles. The molecule has 0 aliphatic heterocycles. The second kappa shape index (κ2) is 4.30. The Morgan fingerprint density at radius 3 is 2.33 bits per heavy atom. The number of carbonyl (C=O) groups is 1. The Bertz CT molecular complexity index is 629. The van der Waals surface area contributed by atoms with Gasteiger partial charge in [0.25, 0.3) is 0 Å². The van der Waals surface area contributed by atoms with Crippen molar-refractivity contribution in [2.75, 3.05) is 0 Å². The smallest absolute Gasteiger partial charge is 0.189 e. The zero-order valence-electron chi connectivity index (χ0n) is 9.84. The van der Waals surface area contributed by atoms with E-state index < -0.39 is 0 Å². The van der Waals surface area contributed by atoms with Crippen LogP contribution in [0.15, 0.2) is 60.2 Å². The van der Waals surface area contributed by atoms with Gasteiger partial charge >= 0.3 is 0 Å². The molecule has 0 fully saturated rings. The molecule has 1 aliphatic carbocycles. The summed E-state index contributed by atoms with van der Waals surface area (Å²) in [6, 6.07) is 17.3. The van der Waals surface area contributed by atoms with Gasteiger partial charge in [-0.05, 0) is 28.6 Å². The molecule has 18 heavy (non-hydrogen) atoms. The van der Waals surface area contributed by atoms with Crippen molar-refractivity contribution in [3.63, 3.8) is 0 Å². The van der Waals surface area contributed by atoms with Gasteiger partial charge in [0, 0.05) is 5.56 Å². The molecule has 1 aliphatic rings. The number of fused-ring (bicyclic) bond motifs is 1. The van der Waals surface area contributed by atoms with Gasteiger partial charge in [-0.1, -0.05) is 54.6 Å². The summed E-state index contributed by atoms with van der Waals surface area (Å²) in [6.45, 7) is 0. The van der Waals surface area contributed by atoms with Crippen molar-refractivity contribution >= 4 is 19.7 Å². The minimum Gasteiger partial charge on any atom is -0.289 e. The fourth-order valence-electron chi connectivity index (χ4n) is 2.32. The lowest BCUT2D eigenvalue weighted by atomic mass is 9.79. The minimum atomic E-state index is -0.311. The first-order valence-corrected chi connectivity index (χ1v) is 5.93. The highest BCUT2D eigenvalue weighted by atomic mass is 16.1. The van der Waals surface area contributed by atoms with E-state index in [1.54, 1.807) is 0 Å². The average molecular weight is 230 g/mol. The molecule has 1 nitrogen and oxygen atoms in total. The van der Waals surface area contributed by atoms with Crippen molar-refractivity contribution in [1.29, 1.82) is 0 Å². The Morgan fingerprint density at radius 2 is 1.61 bits per heavy atom. The topological polar surface area (TPSA) is 17.1 Å². The van der Waals surface area contributed by atoms with Crippen molar-refractivity contribution in [2.45, 2.75) is 5.82 Å². The lowest BCUT2D eigenvalue weighted by Gasteiger charge is -2.05. The molecule has 0 aromatic heterocycles. The van der Waals surface area contributed by atoms with Crippen molar-refractivity contribution in [2.24, 2.45) is 0 Å². The maximum Gasteiger partial charge on any atom is 0.189 e. The monoisotopic (exact) mass is 230 g/mol. The third-order valence-electron chi connectivity index (χ3n) is 3.26. The molecule has 3 rings (SSSR count). The number of ketones is 1. The molecule has 1 atom stereocenters. The molecule has 1 unspecified atom stereocenters. The summed E-state index contributed by atoms with van der Waals surface area (Å²) in [5, 5.41) is 0. The van der Waals surface area contributed by atoms with Gasteiger partial charge in [-0.3, -0.25) is 4.79 Å². The predicted octanol–water partition coefficient (Wildman–Crippen LogP) is 3.18. The maximum atomic E-state index is 12.3. The van der Waals surface area contributed by atoms with Crippen LogP contribution in [0.1, 0.15) is 27.3 Å². The van der Waals surface area contributed by atoms with Crippen molar-refractivity contribution in [3.05, 3.63) is 76.9 Å². The van der Waals surface area contributed by atoms with Crippen molar-refractivity contribution in [1.82, 2.24) is 0 Å². The lowest BCUT2D eigenvalue weighted by molar-refractivity contribution is 0.104. The standard InChI is InChI=1S/C16H11BO/c17-15-12-8-4-5-9-13(12)16(18)14(15)10-11-6-2-1-3-7-11/h1-10,15H/b14-10+. The molecule has 84 valence electrons. The molecule has 0 N–H and O–H groups in total. The van der Waals surface area contributed by atoms with E-state index in [1.807, 2.05) is 60.7 Å². The van der Waals surface area contributed by atoms with Crippen LogP contribution in [0, 0.1) is 0 Å². The molecule has 0 saturated carbocycles. The predicted molar refractivity (Wildman–Crippen MR) is 73.7 cm³/mol. The first kappa shape index (κ1) is 11.0. The largest absolute Gasteiger partial charge is 0.289 e. The number of hydrogen-bond donors (Lipinski definition) is 0. The summed E-state index contributed by atoms with van der Waals surface area (Å²) < 4.78 is 0. The first-order chi connectivity index (χ1) is 8.77. The molecule has 0 bridgehead atoms. The highest BCUT2D eigenvalue weighted by Crippen LogP contribution is 2.35. The van der Waals surface area contributed by atoms with Gasteiger partial charge in [0.05, 0.1) is 7.85 Å². The zero-order valence-corrected chi connectivity index (χ0v) is 9.84. The van der Waals surface area contributed by atoms with Crippen LogP contribution in [0.5, 0.6) is 0 Å². The van der Waals surface area contributed by atoms with E-state index in [9.17, 15) is 4.79 Å². The molecule has 0 heterocycles. The van der Waals surface area contributed by atoms with Gasteiger partial charge in [-0.2, -0.15) is 0 Å². The van der Waals surface area contributed by atoms with Gasteiger partial charge in [0.2, 0.25) is 0 Å². The summed E-state index contributed by atoms with van der Waals surface area (Å²) in [5.74, 6) is -0.268. The van der Waals surface area contributed by atoms with Crippen molar-refractivity contribution < 1.29 is 4.79 Å². The highest BCUT2D eigenvalue weighted by molar-refractivity contribution is 6.28. The average Bonchev–Trinajstić information content (AvgIpc) is 2.66. The number of hydrogen-bond acceptors (Lipinski definition) is 1. The summed E-state index contributed by atoms with van der Waals surface area (Å²) in [4.78, 5) is 12.3. The van der Waals surface area contributed by atoms with E-state index in [0.29, 0.717) is 5.57 Å². The summed E-state index contributed by atoms with van der Waals surface area (Å²) in [6.07, 6.45) is 1.88. The van der Waals surface area contributed by atoms with Crippen LogP contribution in [0.25, 0.3) is 6.08 Å². The van der Waals surface area contributed by atoms with Gasteiger partial charge in [-0.25, -0.2) is 0 Å². The Hall–Kier alpha value is -2.09. The molecule has 0 spiro atoms. The number of carbonyl (C=O) groups excluding carboxylic acids is 1. The fraction of sp³-hybridized carbons (Fsp3) is 0.0625. The van der Waals surface area contributed by atoms with E-state index in [-0.39, 0.29) is 11.6 Å². The van der Waals surface area contributed by atoms with Gasteiger partial charge in [-0.15, -0.1) is 0 Å². The SMILES string of the molecule is [B]C1/C(=C\c2ccccc2)C(=O)c2ccccc21. The third-order valence-corrected chi connectivity index (χ3v) is 3.26. The van der Waals surface area contributed by atoms with E-state index in [0.717, 1.165) is 16.7 Å². The Morgan fingerprint density at radius 1 is 0.944 bits per heavy atom. The lowest BCUT2D eigenvalue weighted by Crippen LogP contribution is -1.99. The number of rotatable bonds is 1. The number of Topliss-reactive ketones (excluding diaryl/α,β-unsaturated/α-hetero) is 1. The van der Waals surface area contributed by atoms with Crippen molar-refractivity contribution in [3.8, 4) is 0 Å². The van der Waals surface area contributed by atoms with Gasteiger partial charge < -0.3 is 0 Å². The molecule has 0 amide bonds. The highest BCUT2D eigenvalue weighted by Gasteiger charge is 2.30. The van der Waals surface area contributed by atoms with Crippen LogP contribution in [0.2, 0.25) is 0 Å². The Balaban J connectivity index is 2.07. The van der Waals surface area contributed by atoms with Crippen LogP contribution in [0.4, 0.5) is 0 Å². The second-order valence-electron chi connectivity index (χ2n) is 4.40. The third kappa shape index (κ3) is 1.70. The van der Waals surface area contributed by atoms with E-state index in [2.05, 4.69) is 0 Å². The van der Waals surface area contributed by atoms with Gasteiger partial charge in [0.1, 0.15) is 0 Å². The second-order valence-corrected chi connectivity index (χ2v) is 4.40. The van der Waals surface area contributed by atoms with Crippen LogP contribution in [-0.2, 0) is 0 Å². The van der Waals surface area contributed by atoms with E-state index in [4.69, 9.17) is 7.85 Å². The molecular formula is C16H11BO. The fourth-order valence-corrected chi connectivity index (χ4v) is 2.32. The molecule has 2 radical (unpaired) electrons. The molecule has 2 aromatic rings. The van der Waals surface area contributed by atoms with E-state index in [1.165, 1.54) is 0 Å². The zero-order chi connectivity index (χ0) is 12.5. The van der Waals surface area contributed by atoms with Gasteiger partial charge in [0.15, 0.2) is 5.78 Å². The molecule has 0 saturated heterocycles. The summed E-state index contributed by atoms with van der Waals surface area (Å²) in [7, 11) is 6.14. The quantitative estimate of drug-likeness (QED) is 0.543. The van der Waals surface area contributed by atoms with E-state index >= 15 is 0 Å². The van der Waals surface area contributed by atoms with Crippen LogP contribution in [0.3, 0.4) is 0 Å². The number of allylic oxidation sites excluding steroid dienone is 1. The Kier molecular flexibility index (Phi) is 2.64. The molecular weight excluding hydrogens is 219 g/mol. The van der Waals surface area contributed by atoms with Crippen LogP contribution < -0.4 is 0 Å². The molecule has 2 heteroatoms.